The van der Waals surface area contributed by atoms with Gasteiger partial charge in [0.15, 0.2) is 0 Å². The molecule has 0 heterocycles. The number of carbonyl (C=O) groups excluding carboxylic acids is 1. The first-order valence-electron chi connectivity index (χ1n) is 5.36. The molecule has 1 rings (SSSR count). The zero-order valence-electron chi connectivity index (χ0n) is 9.77. The third-order valence-electron chi connectivity index (χ3n) is 2.52. The number of phenolic OH excluding ortho intramolecular Hbond substituents is 1. The Labute approximate surface area is 99.1 Å². The van der Waals surface area contributed by atoms with Crippen LogP contribution in [0.1, 0.15) is 24.2 Å². The Morgan fingerprint density at radius 1 is 1.47 bits per heavy atom. The van der Waals surface area contributed by atoms with Crippen molar-refractivity contribution in [3.8, 4) is 5.75 Å². The van der Waals surface area contributed by atoms with Crippen LogP contribution in [-0.2, 0) is 0 Å². The van der Waals surface area contributed by atoms with E-state index in [9.17, 15) is 14.3 Å². The number of phenols is 1. The fourth-order valence-electron chi connectivity index (χ4n) is 1.37. The van der Waals surface area contributed by atoms with Crippen LogP contribution in [0, 0.1) is 11.7 Å². The number of hydrogen-bond acceptors (Lipinski definition) is 3. The molecule has 0 aliphatic rings. The number of carbonyl (C=O) groups is 1. The summed E-state index contributed by atoms with van der Waals surface area (Å²) in [6.45, 7) is 3.52. The van der Waals surface area contributed by atoms with Gasteiger partial charge in [0, 0.05) is 6.07 Å². The van der Waals surface area contributed by atoms with Gasteiger partial charge in [-0.1, -0.05) is 13.8 Å². The molecular weight excluding hydrogens is 225 g/mol. The van der Waals surface area contributed by atoms with E-state index in [0.29, 0.717) is 0 Å². The van der Waals surface area contributed by atoms with Crippen molar-refractivity contribution in [2.45, 2.75) is 19.9 Å². The number of amides is 1. The molecule has 0 unspecified atom stereocenters. The number of aliphatic hydroxyl groups excluding tert-OH is 1. The van der Waals surface area contributed by atoms with Crippen LogP contribution < -0.4 is 5.32 Å². The molecule has 0 aliphatic carbocycles. The average Bonchev–Trinajstić information content (AvgIpc) is 2.24. The maximum absolute atomic E-state index is 12.7. The number of aromatic hydroxyl groups is 1. The smallest absolute Gasteiger partial charge is 0.255 e. The molecule has 3 N–H and O–H groups in total. The van der Waals surface area contributed by atoms with Crippen molar-refractivity contribution < 1.29 is 19.4 Å². The van der Waals surface area contributed by atoms with Crippen LogP contribution in [0.15, 0.2) is 18.2 Å². The summed E-state index contributed by atoms with van der Waals surface area (Å²) in [6, 6.07) is 2.78. The van der Waals surface area contributed by atoms with E-state index in [4.69, 9.17) is 5.11 Å². The van der Waals surface area contributed by atoms with E-state index in [-0.39, 0.29) is 18.1 Å². The van der Waals surface area contributed by atoms with Gasteiger partial charge in [0.2, 0.25) is 0 Å². The van der Waals surface area contributed by atoms with Crippen molar-refractivity contribution >= 4 is 5.91 Å². The average molecular weight is 241 g/mol. The van der Waals surface area contributed by atoms with Gasteiger partial charge in [-0.05, 0) is 18.1 Å². The number of hydrogen-bond donors (Lipinski definition) is 3. The van der Waals surface area contributed by atoms with Crippen molar-refractivity contribution in [2.24, 2.45) is 5.92 Å². The van der Waals surface area contributed by atoms with Crippen LogP contribution in [0.2, 0.25) is 0 Å². The SMILES string of the molecule is CC(C)[C@@H](CO)NC(=O)c1ccc(F)cc1O. The van der Waals surface area contributed by atoms with Crippen molar-refractivity contribution in [1.29, 1.82) is 0 Å². The first-order chi connectivity index (χ1) is 7.95. The summed E-state index contributed by atoms with van der Waals surface area (Å²) in [4.78, 5) is 11.7. The maximum Gasteiger partial charge on any atom is 0.255 e. The number of halogens is 1. The highest BCUT2D eigenvalue weighted by atomic mass is 19.1. The van der Waals surface area contributed by atoms with Crippen LogP contribution in [0.25, 0.3) is 0 Å². The molecule has 1 aromatic carbocycles. The molecule has 4 nitrogen and oxygen atoms in total. The second kappa shape index (κ2) is 5.63. The lowest BCUT2D eigenvalue weighted by Gasteiger charge is -2.20. The Morgan fingerprint density at radius 2 is 2.12 bits per heavy atom. The molecule has 1 aromatic rings. The Balaban J connectivity index is 2.82. The second-order valence-electron chi connectivity index (χ2n) is 4.17. The highest BCUT2D eigenvalue weighted by Gasteiger charge is 2.18. The van der Waals surface area contributed by atoms with E-state index >= 15 is 0 Å². The summed E-state index contributed by atoms with van der Waals surface area (Å²) in [5.74, 6) is -1.49. The van der Waals surface area contributed by atoms with Crippen LogP contribution >= 0.6 is 0 Å². The first-order valence-corrected chi connectivity index (χ1v) is 5.36. The minimum Gasteiger partial charge on any atom is -0.507 e. The molecule has 17 heavy (non-hydrogen) atoms. The van der Waals surface area contributed by atoms with E-state index in [1.54, 1.807) is 0 Å². The Bertz CT molecular complexity index is 407. The van der Waals surface area contributed by atoms with Crippen molar-refractivity contribution in [2.75, 3.05) is 6.61 Å². The summed E-state index contributed by atoms with van der Waals surface area (Å²) in [5, 5.41) is 21.1. The summed E-state index contributed by atoms with van der Waals surface area (Å²) >= 11 is 0. The van der Waals surface area contributed by atoms with E-state index in [1.165, 1.54) is 6.07 Å². The summed E-state index contributed by atoms with van der Waals surface area (Å²) in [6.07, 6.45) is 0. The minimum atomic E-state index is -0.610. The van der Waals surface area contributed by atoms with E-state index in [1.807, 2.05) is 13.8 Å². The number of rotatable bonds is 4. The largest absolute Gasteiger partial charge is 0.507 e. The van der Waals surface area contributed by atoms with Gasteiger partial charge >= 0.3 is 0 Å². The van der Waals surface area contributed by atoms with Crippen LogP contribution in [0.4, 0.5) is 4.39 Å². The fraction of sp³-hybridized carbons (Fsp3) is 0.417. The summed E-state index contributed by atoms with van der Waals surface area (Å²) < 4.78 is 12.7. The molecule has 0 bridgehead atoms. The van der Waals surface area contributed by atoms with E-state index in [0.717, 1.165) is 12.1 Å². The molecule has 1 amide bonds. The maximum atomic E-state index is 12.7. The van der Waals surface area contributed by atoms with Gasteiger partial charge in [-0.3, -0.25) is 4.79 Å². The normalized spacial score (nSPS) is 12.5. The molecule has 0 aliphatic heterocycles. The third-order valence-corrected chi connectivity index (χ3v) is 2.52. The summed E-state index contributed by atoms with van der Waals surface area (Å²) in [7, 11) is 0. The number of nitrogens with one attached hydrogen (secondary N) is 1. The highest BCUT2D eigenvalue weighted by Crippen LogP contribution is 2.18. The Hall–Kier alpha value is -1.62. The minimum absolute atomic E-state index is 0.00880. The standard InChI is InChI=1S/C12H16FNO3/c1-7(2)10(6-15)14-12(17)9-4-3-8(13)5-11(9)16/h3-5,7,10,15-16H,6H2,1-2H3,(H,14,17)/t10-/m1/s1. The third kappa shape index (κ3) is 3.42. The van der Waals surface area contributed by atoms with Gasteiger partial charge in [0.25, 0.3) is 5.91 Å². The highest BCUT2D eigenvalue weighted by molar-refractivity contribution is 5.96. The fourth-order valence-corrected chi connectivity index (χ4v) is 1.37. The predicted octanol–water partition coefficient (Wildman–Crippen LogP) is 1.28. The Morgan fingerprint density at radius 3 is 2.59 bits per heavy atom. The van der Waals surface area contributed by atoms with Gasteiger partial charge in [0.05, 0.1) is 18.2 Å². The lowest BCUT2D eigenvalue weighted by molar-refractivity contribution is 0.0894. The molecule has 0 radical (unpaired) electrons. The molecule has 0 aromatic heterocycles. The molecule has 0 saturated carbocycles. The van der Waals surface area contributed by atoms with Crippen molar-refractivity contribution in [3.63, 3.8) is 0 Å². The lowest BCUT2D eigenvalue weighted by Crippen LogP contribution is -2.41. The molecule has 0 fully saturated rings. The van der Waals surface area contributed by atoms with Crippen LogP contribution in [0.5, 0.6) is 5.75 Å². The second-order valence-corrected chi connectivity index (χ2v) is 4.17. The Kier molecular flexibility index (Phi) is 4.45. The molecular formula is C12H16FNO3. The monoisotopic (exact) mass is 241 g/mol. The van der Waals surface area contributed by atoms with Gasteiger partial charge in [-0.2, -0.15) is 0 Å². The van der Waals surface area contributed by atoms with Gasteiger partial charge in [-0.15, -0.1) is 0 Å². The zero-order valence-corrected chi connectivity index (χ0v) is 9.77. The van der Waals surface area contributed by atoms with Crippen LogP contribution in [-0.4, -0.2) is 28.8 Å². The molecule has 94 valence electrons. The topological polar surface area (TPSA) is 69.6 Å². The van der Waals surface area contributed by atoms with Gasteiger partial charge in [-0.25, -0.2) is 4.39 Å². The van der Waals surface area contributed by atoms with E-state index < -0.39 is 23.5 Å². The van der Waals surface area contributed by atoms with Gasteiger partial charge < -0.3 is 15.5 Å². The van der Waals surface area contributed by atoms with E-state index in [2.05, 4.69) is 5.32 Å². The quantitative estimate of drug-likeness (QED) is 0.743. The number of aliphatic hydroxyl groups is 1. The molecule has 0 spiro atoms. The van der Waals surface area contributed by atoms with Gasteiger partial charge in [0.1, 0.15) is 11.6 Å². The molecule has 0 saturated heterocycles. The zero-order chi connectivity index (χ0) is 13.0. The number of benzene rings is 1. The molecule has 5 heteroatoms. The molecule has 1 atom stereocenters. The van der Waals surface area contributed by atoms with Crippen molar-refractivity contribution in [3.05, 3.63) is 29.6 Å². The predicted molar refractivity (Wildman–Crippen MR) is 61.2 cm³/mol. The lowest BCUT2D eigenvalue weighted by atomic mass is 10.0. The summed E-state index contributed by atoms with van der Waals surface area (Å²) in [5.41, 5.74) is -0.00880. The van der Waals surface area contributed by atoms with Crippen LogP contribution in [0.3, 0.4) is 0 Å². The van der Waals surface area contributed by atoms with Crippen molar-refractivity contribution in [1.82, 2.24) is 5.32 Å². The first kappa shape index (κ1) is 13.4.